The molecule has 3 N–H and O–H groups in total. The van der Waals surface area contributed by atoms with E-state index in [1.54, 1.807) is 10.6 Å². The summed E-state index contributed by atoms with van der Waals surface area (Å²) in [4.78, 5) is 12.4. The highest BCUT2D eigenvalue weighted by Crippen LogP contribution is 2.22. The molecular weight excluding hydrogens is 324 g/mol. The molecule has 5 nitrogen and oxygen atoms in total. The van der Waals surface area contributed by atoms with Crippen molar-refractivity contribution in [2.45, 2.75) is 19.9 Å². The summed E-state index contributed by atoms with van der Waals surface area (Å²) in [6.07, 6.45) is 0.563. The molecule has 0 fully saturated rings. The van der Waals surface area contributed by atoms with Gasteiger partial charge in [-0.3, -0.25) is 4.79 Å². The van der Waals surface area contributed by atoms with Crippen LogP contribution in [0.3, 0.4) is 0 Å². The van der Waals surface area contributed by atoms with Crippen LogP contribution < -0.4 is 11.1 Å². The average Bonchev–Trinajstić information content (AvgIpc) is 2.91. The van der Waals surface area contributed by atoms with E-state index in [1.165, 1.54) is 0 Å². The van der Waals surface area contributed by atoms with Gasteiger partial charge >= 0.3 is 0 Å². The van der Waals surface area contributed by atoms with Crippen LogP contribution in [0.5, 0.6) is 0 Å². The molecule has 0 saturated heterocycles. The molecule has 130 valence electrons. The van der Waals surface area contributed by atoms with Crippen LogP contribution in [0, 0.1) is 18.3 Å². The van der Waals surface area contributed by atoms with Crippen LogP contribution in [0.4, 0.5) is 11.4 Å². The average molecular weight is 344 g/mol. The van der Waals surface area contributed by atoms with E-state index in [0.29, 0.717) is 17.8 Å². The molecule has 3 rings (SSSR count). The molecule has 1 amide bonds. The van der Waals surface area contributed by atoms with Crippen LogP contribution in [0.2, 0.25) is 0 Å². The van der Waals surface area contributed by atoms with Crippen LogP contribution in [0.25, 0.3) is 0 Å². The smallest absolute Gasteiger partial charge is 0.244 e. The van der Waals surface area contributed by atoms with Crippen molar-refractivity contribution in [1.82, 2.24) is 4.57 Å². The fraction of sp³-hybridized carbons (Fsp3) is 0.143. The maximum absolute atomic E-state index is 12.4. The Morgan fingerprint density at radius 2 is 1.92 bits per heavy atom. The molecule has 26 heavy (non-hydrogen) atoms. The van der Waals surface area contributed by atoms with Crippen molar-refractivity contribution in [3.05, 3.63) is 83.2 Å². The lowest BCUT2D eigenvalue weighted by Crippen LogP contribution is -2.21. The number of carbonyl (C=O) groups excluding carboxylic acids is 1. The van der Waals surface area contributed by atoms with Gasteiger partial charge in [0.1, 0.15) is 18.3 Å². The van der Waals surface area contributed by atoms with E-state index in [4.69, 9.17) is 5.73 Å². The minimum atomic E-state index is -0.200. The molecule has 0 atom stereocenters. The summed E-state index contributed by atoms with van der Waals surface area (Å²) in [5.41, 5.74) is 10.8. The number of para-hydroxylation sites is 1. The Kier molecular flexibility index (Phi) is 5.04. The molecular formula is C21H20N4O. The number of nitrogens with two attached hydrogens (primary N) is 1. The quantitative estimate of drug-likeness (QED) is 0.743. The Morgan fingerprint density at radius 1 is 1.15 bits per heavy atom. The first kappa shape index (κ1) is 17.3. The van der Waals surface area contributed by atoms with Crippen LogP contribution in [-0.2, 0) is 17.8 Å². The number of benzene rings is 2. The predicted octanol–water partition coefficient (Wildman–Crippen LogP) is 3.48. The Hall–Kier alpha value is -3.52. The third-order valence-corrected chi connectivity index (χ3v) is 4.17. The Labute approximate surface area is 152 Å². The topological polar surface area (TPSA) is 83.8 Å². The minimum absolute atomic E-state index is 0.0378. The molecule has 0 spiro atoms. The third-order valence-electron chi connectivity index (χ3n) is 4.17. The maximum Gasteiger partial charge on any atom is 0.244 e. The highest BCUT2D eigenvalue weighted by Gasteiger charge is 2.16. The molecule has 0 aliphatic heterocycles. The lowest BCUT2D eigenvalue weighted by atomic mass is 10.1. The first-order valence-electron chi connectivity index (χ1n) is 8.35. The summed E-state index contributed by atoms with van der Waals surface area (Å²) in [7, 11) is 0. The maximum atomic E-state index is 12.4. The Bertz CT molecular complexity index is 967. The van der Waals surface area contributed by atoms with Crippen molar-refractivity contribution < 1.29 is 4.79 Å². The van der Waals surface area contributed by atoms with E-state index in [-0.39, 0.29) is 12.5 Å². The van der Waals surface area contributed by atoms with E-state index >= 15 is 0 Å². The number of nitrogens with one attached hydrogen (secondary N) is 1. The van der Waals surface area contributed by atoms with E-state index in [9.17, 15) is 10.1 Å². The summed E-state index contributed by atoms with van der Waals surface area (Å²) in [5, 5.41) is 12.3. The number of nitrogens with zero attached hydrogens (tertiary/aromatic N) is 2. The van der Waals surface area contributed by atoms with Gasteiger partial charge in [-0.25, -0.2) is 0 Å². The van der Waals surface area contributed by atoms with Gasteiger partial charge in [0.15, 0.2) is 0 Å². The van der Waals surface area contributed by atoms with Gasteiger partial charge in [0.05, 0.1) is 5.69 Å². The molecule has 0 unspecified atom stereocenters. The van der Waals surface area contributed by atoms with Gasteiger partial charge in [-0.1, -0.05) is 48.0 Å². The van der Waals surface area contributed by atoms with Crippen molar-refractivity contribution in [3.63, 3.8) is 0 Å². The monoisotopic (exact) mass is 344 g/mol. The molecule has 0 aliphatic carbocycles. The predicted molar refractivity (Wildman–Crippen MR) is 103 cm³/mol. The van der Waals surface area contributed by atoms with Crippen molar-refractivity contribution in [3.8, 4) is 6.07 Å². The number of nitrogen functional groups attached to an aromatic ring is 1. The number of anilines is 2. The number of aromatic nitrogens is 1. The third kappa shape index (κ3) is 3.93. The Morgan fingerprint density at radius 3 is 2.62 bits per heavy atom. The summed E-state index contributed by atoms with van der Waals surface area (Å²) in [5.74, 6) is -0.200. The molecule has 1 heterocycles. The largest absolute Gasteiger partial charge is 0.397 e. The highest BCUT2D eigenvalue weighted by molar-refractivity contribution is 5.90. The molecule has 2 aromatic carbocycles. The van der Waals surface area contributed by atoms with E-state index < -0.39 is 0 Å². The summed E-state index contributed by atoms with van der Waals surface area (Å²) in [6.45, 7) is 2.07. The first-order chi connectivity index (χ1) is 12.6. The second-order valence-corrected chi connectivity index (χ2v) is 6.21. The van der Waals surface area contributed by atoms with Crippen molar-refractivity contribution >= 4 is 17.3 Å². The van der Waals surface area contributed by atoms with Gasteiger partial charge in [0, 0.05) is 17.8 Å². The number of aryl methyl sites for hydroxylation is 1. The van der Waals surface area contributed by atoms with E-state index in [2.05, 4.69) is 17.5 Å². The number of hydrogen-bond acceptors (Lipinski definition) is 3. The van der Waals surface area contributed by atoms with Gasteiger partial charge in [0.2, 0.25) is 5.91 Å². The molecule has 0 radical (unpaired) electrons. The van der Waals surface area contributed by atoms with Gasteiger partial charge in [0.25, 0.3) is 0 Å². The number of rotatable bonds is 5. The van der Waals surface area contributed by atoms with Crippen molar-refractivity contribution in [2.75, 3.05) is 11.1 Å². The van der Waals surface area contributed by atoms with Crippen molar-refractivity contribution in [2.24, 2.45) is 0 Å². The number of amides is 1. The standard InChI is InChI=1S/C21H20N4O/c1-15-6-5-7-16(10-15)11-20-19(23)12-18(13-22)25(20)14-21(26)24-17-8-3-2-4-9-17/h2-10,12H,11,14,23H2,1H3,(H,24,26). The molecule has 3 aromatic rings. The molecule has 0 saturated carbocycles. The van der Waals surface area contributed by atoms with Gasteiger partial charge in [-0.15, -0.1) is 0 Å². The fourth-order valence-corrected chi connectivity index (χ4v) is 2.96. The molecule has 1 aromatic heterocycles. The number of hydrogen-bond donors (Lipinski definition) is 2. The minimum Gasteiger partial charge on any atom is -0.397 e. The normalized spacial score (nSPS) is 10.3. The van der Waals surface area contributed by atoms with Crippen LogP contribution in [0.15, 0.2) is 60.7 Å². The van der Waals surface area contributed by atoms with Crippen molar-refractivity contribution in [1.29, 1.82) is 5.26 Å². The zero-order valence-electron chi connectivity index (χ0n) is 14.6. The molecule has 0 bridgehead atoms. The van der Waals surface area contributed by atoms with Gasteiger partial charge < -0.3 is 15.6 Å². The Balaban J connectivity index is 1.86. The molecule has 0 aliphatic rings. The van der Waals surface area contributed by atoms with Crippen LogP contribution in [0.1, 0.15) is 22.5 Å². The highest BCUT2D eigenvalue weighted by atomic mass is 16.1. The fourth-order valence-electron chi connectivity index (χ4n) is 2.96. The van der Waals surface area contributed by atoms with Crippen LogP contribution in [-0.4, -0.2) is 10.5 Å². The zero-order chi connectivity index (χ0) is 18.5. The van der Waals surface area contributed by atoms with Gasteiger partial charge in [-0.2, -0.15) is 5.26 Å². The second-order valence-electron chi connectivity index (χ2n) is 6.21. The number of carbonyl (C=O) groups is 1. The van der Waals surface area contributed by atoms with E-state index in [1.807, 2.05) is 55.5 Å². The summed E-state index contributed by atoms with van der Waals surface area (Å²) >= 11 is 0. The number of nitriles is 1. The second kappa shape index (κ2) is 7.58. The first-order valence-corrected chi connectivity index (χ1v) is 8.35. The van der Waals surface area contributed by atoms with E-state index in [0.717, 1.165) is 22.5 Å². The van der Waals surface area contributed by atoms with Gasteiger partial charge in [-0.05, 0) is 30.7 Å². The molecule has 5 heteroatoms. The lowest BCUT2D eigenvalue weighted by Gasteiger charge is -2.12. The zero-order valence-corrected chi connectivity index (χ0v) is 14.6. The lowest BCUT2D eigenvalue weighted by molar-refractivity contribution is -0.116. The van der Waals surface area contributed by atoms with Crippen LogP contribution >= 0.6 is 0 Å². The summed E-state index contributed by atoms with van der Waals surface area (Å²) < 4.78 is 1.69. The SMILES string of the molecule is Cc1cccc(Cc2c(N)cc(C#N)n2CC(=O)Nc2ccccc2)c1. The summed E-state index contributed by atoms with van der Waals surface area (Å²) in [6, 6.07) is 21.1.